The average molecular weight is 347 g/mol. The van der Waals surface area contributed by atoms with Gasteiger partial charge < -0.3 is 5.11 Å². The van der Waals surface area contributed by atoms with E-state index in [4.69, 9.17) is 23.2 Å². The lowest BCUT2D eigenvalue weighted by Crippen LogP contribution is -2.23. The van der Waals surface area contributed by atoms with Gasteiger partial charge in [0.05, 0.1) is 5.92 Å². The number of Topliss-reactive ketones (excluding diaryl/α,β-unsaturated/α-hetero) is 1. The van der Waals surface area contributed by atoms with Gasteiger partial charge >= 0.3 is 5.97 Å². The summed E-state index contributed by atoms with van der Waals surface area (Å²) in [6.07, 6.45) is 1.79. The molecule has 3 rings (SSSR count). The highest BCUT2D eigenvalue weighted by Gasteiger charge is 2.33. The number of allylic oxidation sites excluding steroid dienone is 1. The molecule has 0 spiro atoms. The molecular weight excluding hydrogens is 335 g/mol. The van der Waals surface area contributed by atoms with Crippen LogP contribution < -0.4 is 0 Å². The van der Waals surface area contributed by atoms with Gasteiger partial charge in [-0.3, -0.25) is 9.59 Å². The van der Waals surface area contributed by atoms with Gasteiger partial charge in [-0.2, -0.15) is 0 Å². The molecule has 3 nitrogen and oxygen atoms in total. The summed E-state index contributed by atoms with van der Waals surface area (Å²) in [5, 5.41) is 10.4. The molecule has 1 atom stereocenters. The highest BCUT2D eigenvalue weighted by molar-refractivity contribution is 6.35. The maximum Gasteiger partial charge on any atom is 0.311 e. The number of aliphatic carboxylic acids is 1. The fraction of sp³-hybridized carbons (Fsp3) is 0.111. The Morgan fingerprint density at radius 1 is 1.17 bits per heavy atom. The SMILES string of the molecule is O=C1C(=Cc2ccc(Cl)cc2Cl)CC(C(=O)O)c2ccccc21. The predicted octanol–water partition coefficient (Wildman–Crippen LogP) is 4.83. The van der Waals surface area contributed by atoms with Gasteiger partial charge in [-0.1, -0.05) is 53.5 Å². The minimum absolute atomic E-state index is 0.143. The summed E-state index contributed by atoms with van der Waals surface area (Å²) in [5.74, 6) is -1.84. The maximum atomic E-state index is 12.6. The third-order valence-corrected chi connectivity index (χ3v) is 4.45. The first kappa shape index (κ1) is 15.8. The number of ketones is 1. The topological polar surface area (TPSA) is 54.4 Å². The second-order valence-electron chi connectivity index (χ2n) is 5.35. The number of hydrogen-bond acceptors (Lipinski definition) is 2. The zero-order valence-electron chi connectivity index (χ0n) is 11.9. The lowest BCUT2D eigenvalue weighted by atomic mass is 9.78. The normalized spacial score (nSPS) is 18.8. The Balaban J connectivity index is 2.09. The Morgan fingerprint density at radius 2 is 1.91 bits per heavy atom. The van der Waals surface area contributed by atoms with E-state index in [0.29, 0.717) is 32.3 Å². The number of carbonyl (C=O) groups excluding carboxylic acids is 1. The molecule has 5 heteroatoms. The van der Waals surface area contributed by atoms with E-state index in [1.165, 1.54) is 0 Å². The Morgan fingerprint density at radius 3 is 2.61 bits per heavy atom. The smallest absolute Gasteiger partial charge is 0.311 e. The summed E-state index contributed by atoms with van der Waals surface area (Å²) in [5.41, 5.74) is 2.06. The van der Waals surface area contributed by atoms with Crippen LogP contribution in [0.5, 0.6) is 0 Å². The van der Waals surface area contributed by atoms with E-state index in [0.717, 1.165) is 0 Å². The molecule has 2 aromatic rings. The van der Waals surface area contributed by atoms with Crippen molar-refractivity contribution in [3.63, 3.8) is 0 Å². The summed E-state index contributed by atoms with van der Waals surface area (Å²) in [4.78, 5) is 24.2. The molecular formula is C18H12Cl2O3. The molecule has 0 radical (unpaired) electrons. The fourth-order valence-corrected chi connectivity index (χ4v) is 3.22. The summed E-state index contributed by atoms with van der Waals surface area (Å²) in [7, 11) is 0. The number of rotatable bonds is 2. The van der Waals surface area contributed by atoms with Crippen LogP contribution in [0.3, 0.4) is 0 Å². The third kappa shape index (κ3) is 3.03. The zero-order chi connectivity index (χ0) is 16.6. The molecule has 2 aromatic carbocycles. The monoisotopic (exact) mass is 346 g/mol. The van der Waals surface area contributed by atoms with Crippen LogP contribution in [-0.2, 0) is 4.79 Å². The van der Waals surface area contributed by atoms with Crippen molar-refractivity contribution in [3.05, 3.63) is 74.8 Å². The second-order valence-corrected chi connectivity index (χ2v) is 6.19. The maximum absolute atomic E-state index is 12.6. The number of hydrogen-bond donors (Lipinski definition) is 1. The van der Waals surface area contributed by atoms with Crippen LogP contribution in [0.25, 0.3) is 6.08 Å². The molecule has 0 aromatic heterocycles. The van der Waals surface area contributed by atoms with Crippen LogP contribution in [0.2, 0.25) is 10.0 Å². The van der Waals surface area contributed by atoms with Crippen LogP contribution in [-0.4, -0.2) is 16.9 Å². The standard InChI is InChI=1S/C18H12Cl2O3/c19-12-6-5-10(16(20)9-12)7-11-8-15(18(22)23)13-3-1-2-4-14(13)17(11)21/h1-7,9,15H,8H2,(H,22,23). The van der Waals surface area contributed by atoms with E-state index in [9.17, 15) is 14.7 Å². The summed E-state index contributed by atoms with van der Waals surface area (Å²) in [6.45, 7) is 0. The first-order valence-corrected chi connectivity index (χ1v) is 7.75. The van der Waals surface area contributed by atoms with E-state index in [1.54, 1.807) is 48.5 Å². The predicted molar refractivity (Wildman–Crippen MR) is 90.2 cm³/mol. The number of carbonyl (C=O) groups is 2. The van der Waals surface area contributed by atoms with Gasteiger partial charge in [0.1, 0.15) is 0 Å². The van der Waals surface area contributed by atoms with Crippen molar-refractivity contribution in [2.75, 3.05) is 0 Å². The van der Waals surface area contributed by atoms with Gasteiger partial charge in [0, 0.05) is 21.2 Å². The molecule has 1 N–H and O–H groups in total. The van der Waals surface area contributed by atoms with Crippen LogP contribution in [0.15, 0.2) is 48.0 Å². The van der Waals surface area contributed by atoms with Gasteiger partial charge in [0.2, 0.25) is 0 Å². The molecule has 1 aliphatic rings. The molecule has 0 saturated heterocycles. The van der Waals surface area contributed by atoms with Crippen molar-refractivity contribution in [2.24, 2.45) is 0 Å². The summed E-state index contributed by atoms with van der Waals surface area (Å²) in [6, 6.07) is 11.8. The molecule has 1 unspecified atom stereocenters. The largest absolute Gasteiger partial charge is 0.481 e. The molecule has 0 aliphatic heterocycles. The molecule has 0 amide bonds. The van der Waals surface area contributed by atoms with Crippen LogP contribution in [0, 0.1) is 0 Å². The van der Waals surface area contributed by atoms with Gasteiger partial charge in [-0.05, 0) is 35.8 Å². The minimum atomic E-state index is -0.946. The molecule has 0 heterocycles. The van der Waals surface area contributed by atoms with Gasteiger partial charge in [-0.15, -0.1) is 0 Å². The van der Waals surface area contributed by atoms with E-state index < -0.39 is 11.9 Å². The Hall–Kier alpha value is -2.10. The van der Waals surface area contributed by atoms with Crippen LogP contribution in [0.4, 0.5) is 0 Å². The number of fused-ring (bicyclic) bond motifs is 1. The lowest BCUT2D eigenvalue weighted by Gasteiger charge is -2.23. The fourth-order valence-electron chi connectivity index (χ4n) is 2.75. The third-order valence-electron chi connectivity index (χ3n) is 3.89. The number of halogens is 2. The molecule has 116 valence electrons. The van der Waals surface area contributed by atoms with E-state index in [1.807, 2.05) is 0 Å². The number of carboxylic acid groups (broad SMARTS) is 1. The number of benzene rings is 2. The van der Waals surface area contributed by atoms with Crippen molar-refractivity contribution < 1.29 is 14.7 Å². The van der Waals surface area contributed by atoms with Crippen LogP contribution in [0.1, 0.15) is 33.8 Å². The zero-order valence-corrected chi connectivity index (χ0v) is 13.4. The molecule has 0 saturated carbocycles. The van der Waals surface area contributed by atoms with Gasteiger partial charge in [0.25, 0.3) is 0 Å². The lowest BCUT2D eigenvalue weighted by molar-refractivity contribution is -0.138. The van der Waals surface area contributed by atoms with Crippen molar-refractivity contribution >= 4 is 41.0 Å². The average Bonchev–Trinajstić information content (AvgIpc) is 2.52. The van der Waals surface area contributed by atoms with E-state index in [-0.39, 0.29) is 12.2 Å². The molecule has 0 bridgehead atoms. The molecule has 0 fully saturated rings. The first-order valence-electron chi connectivity index (χ1n) is 6.99. The van der Waals surface area contributed by atoms with Crippen molar-refractivity contribution in [2.45, 2.75) is 12.3 Å². The molecule has 1 aliphatic carbocycles. The van der Waals surface area contributed by atoms with Gasteiger partial charge in [-0.25, -0.2) is 0 Å². The van der Waals surface area contributed by atoms with Crippen LogP contribution >= 0.6 is 23.2 Å². The van der Waals surface area contributed by atoms with E-state index in [2.05, 4.69) is 0 Å². The second kappa shape index (κ2) is 6.19. The first-order chi connectivity index (χ1) is 11.0. The summed E-state index contributed by atoms with van der Waals surface area (Å²) >= 11 is 12.0. The van der Waals surface area contributed by atoms with Crippen molar-refractivity contribution in [1.82, 2.24) is 0 Å². The van der Waals surface area contributed by atoms with Crippen molar-refractivity contribution in [3.8, 4) is 0 Å². The summed E-state index contributed by atoms with van der Waals surface area (Å²) < 4.78 is 0. The quantitative estimate of drug-likeness (QED) is 0.792. The highest BCUT2D eigenvalue weighted by Crippen LogP contribution is 2.36. The number of carboxylic acids is 1. The van der Waals surface area contributed by atoms with E-state index >= 15 is 0 Å². The Bertz CT molecular complexity index is 840. The Kier molecular flexibility index (Phi) is 4.24. The minimum Gasteiger partial charge on any atom is -0.481 e. The van der Waals surface area contributed by atoms with Crippen molar-refractivity contribution in [1.29, 1.82) is 0 Å². The molecule has 23 heavy (non-hydrogen) atoms. The highest BCUT2D eigenvalue weighted by atomic mass is 35.5. The van der Waals surface area contributed by atoms with Gasteiger partial charge in [0.15, 0.2) is 5.78 Å². The Labute approximate surface area is 143 Å².